The van der Waals surface area contributed by atoms with Crippen LogP contribution in [0.3, 0.4) is 0 Å². The lowest BCUT2D eigenvalue weighted by Crippen LogP contribution is -2.49. The lowest BCUT2D eigenvalue weighted by atomic mass is 10.2. The Morgan fingerprint density at radius 1 is 1.00 bits per heavy atom. The highest BCUT2D eigenvalue weighted by Crippen LogP contribution is 2.22. The van der Waals surface area contributed by atoms with E-state index in [1.165, 1.54) is 9.13 Å². The quantitative estimate of drug-likeness (QED) is 0.168. The number of nitrogens with zero attached hydrogens (tertiary/aromatic N) is 3. The van der Waals surface area contributed by atoms with Gasteiger partial charge >= 0.3 is 11.8 Å². The van der Waals surface area contributed by atoms with Gasteiger partial charge in [0.2, 0.25) is 5.91 Å². The third-order valence-electron chi connectivity index (χ3n) is 6.62. The number of imidazole rings is 1. The van der Waals surface area contributed by atoms with Gasteiger partial charge in [-0.3, -0.25) is 23.5 Å². The van der Waals surface area contributed by atoms with Gasteiger partial charge in [-0.1, -0.05) is 13.8 Å². The Morgan fingerprint density at radius 2 is 1.65 bits per heavy atom. The highest BCUT2D eigenvalue weighted by molar-refractivity contribution is 7.98. The van der Waals surface area contributed by atoms with Crippen LogP contribution in [-0.4, -0.2) is 80.4 Å². The molecule has 252 valence electrons. The molecule has 3 rings (SSSR count). The first-order chi connectivity index (χ1) is 21.9. The molecule has 0 saturated carbocycles. The van der Waals surface area contributed by atoms with Crippen LogP contribution in [0, 0.1) is 0 Å². The fraction of sp³-hybridized carbons (Fsp3) is 0.548. The van der Waals surface area contributed by atoms with Crippen molar-refractivity contribution in [3.05, 3.63) is 45.1 Å². The first-order valence-electron chi connectivity index (χ1n) is 15.4. The number of benzene rings is 1. The number of alkyl carbamates (subject to hydrolysis) is 1. The smallest absolute Gasteiger partial charge is 0.408 e. The van der Waals surface area contributed by atoms with E-state index in [1.807, 2.05) is 20.1 Å². The van der Waals surface area contributed by atoms with Crippen molar-refractivity contribution in [1.82, 2.24) is 35.1 Å². The van der Waals surface area contributed by atoms with Crippen LogP contribution in [-0.2, 0) is 27.4 Å². The summed E-state index contributed by atoms with van der Waals surface area (Å²) < 4.78 is 13.6. The number of aromatic nitrogens is 4. The minimum atomic E-state index is -0.759. The summed E-state index contributed by atoms with van der Waals surface area (Å²) in [7, 11) is 0. The van der Waals surface area contributed by atoms with Crippen LogP contribution >= 0.6 is 11.8 Å². The number of thioether (sulfide) groups is 1. The number of carbonyl (C=O) groups is 3. The van der Waals surface area contributed by atoms with Crippen molar-refractivity contribution in [2.45, 2.75) is 78.6 Å². The van der Waals surface area contributed by atoms with E-state index in [0.29, 0.717) is 60.9 Å². The van der Waals surface area contributed by atoms with E-state index in [2.05, 4.69) is 25.9 Å². The third-order valence-corrected chi connectivity index (χ3v) is 7.26. The van der Waals surface area contributed by atoms with Gasteiger partial charge < -0.3 is 30.4 Å². The number of amides is 3. The minimum absolute atomic E-state index is 0.165. The molecule has 3 amide bonds. The molecule has 0 saturated heterocycles. The summed E-state index contributed by atoms with van der Waals surface area (Å²) in [4.78, 5) is 70.7. The molecular formula is C31H45N7O7S. The number of carbonyl (C=O) groups excluding carboxylic acids is 3. The van der Waals surface area contributed by atoms with Crippen molar-refractivity contribution in [3.8, 4) is 17.1 Å². The SMILES string of the molecule is CCCn1c(=O)c2[nH]c(-c3ccc(OCC(=O)NCCNC(=O)[C@H](CCSC)NC(=O)OC(C)(C)C)cc3)nc2n(CCC)c1=O. The van der Waals surface area contributed by atoms with Gasteiger partial charge in [0.1, 0.15) is 28.7 Å². The van der Waals surface area contributed by atoms with Gasteiger partial charge in [0, 0.05) is 31.7 Å². The zero-order chi connectivity index (χ0) is 33.9. The number of aryl methyl sites for hydroxylation is 1. The Morgan fingerprint density at radius 3 is 2.28 bits per heavy atom. The van der Waals surface area contributed by atoms with E-state index < -0.39 is 23.3 Å². The van der Waals surface area contributed by atoms with Gasteiger partial charge in [-0.05, 0) is 76.3 Å². The number of hydrogen-bond acceptors (Lipinski definition) is 9. The number of H-pyrrole nitrogens is 1. The topological polar surface area (TPSA) is 178 Å². The fourth-order valence-electron chi connectivity index (χ4n) is 4.52. The van der Waals surface area contributed by atoms with E-state index in [1.54, 1.807) is 56.8 Å². The maximum atomic E-state index is 13.0. The van der Waals surface area contributed by atoms with Gasteiger partial charge in [-0.15, -0.1) is 0 Å². The molecule has 0 bridgehead atoms. The van der Waals surface area contributed by atoms with Crippen molar-refractivity contribution in [3.63, 3.8) is 0 Å². The van der Waals surface area contributed by atoms with Crippen molar-refractivity contribution < 1.29 is 23.9 Å². The average Bonchev–Trinajstić information content (AvgIpc) is 3.45. The van der Waals surface area contributed by atoms with Gasteiger partial charge in [0.05, 0.1) is 0 Å². The molecule has 0 aliphatic heterocycles. The molecule has 0 radical (unpaired) electrons. The van der Waals surface area contributed by atoms with Gasteiger partial charge in [0.25, 0.3) is 11.5 Å². The monoisotopic (exact) mass is 659 g/mol. The Balaban J connectivity index is 1.52. The minimum Gasteiger partial charge on any atom is -0.484 e. The molecule has 1 atom stereocenters. The lowest BCUT2D eigenvalue weighted by Gasteiger charge is -2.23. The summed E-state index contributed by atoms with van der Waals surface area (Å²) in [5, 5.41) is 8.02. The van der Waals surface area contributed by atoms with Gasteiger partial charge in [-0.2, -0.15) is 11.8 Å². The molecule has 3 aromatic rings. The number of aromatic amines is 1. The van der Waals surface area contributed by atoms with Crippen molar-refractivity contribution >= 4 is 40.8 Å². The van der Waals surface area contributed by atoms with Crippen LogP contribution in [0.1, 0.15) is 53.9 Å². The molecule has 0 fully saturated rings. The molecule has 14 nitrogen and oxygen atoms in total. The van der Waals surface area contributed by atoms with Crippen LogP contribution < -0.4 is 31.9 Å². The maximum Gasteiger partial charge on any atom is 0.408 e. The van der Waals surface area contributed by atoms with Gasteiger partial charge in [0.15, 0.2) is 12.3 Å². The Hall–Kier alpha value is -4.27. The van der Waals surface area contributed by atoms with Crippen LogP contribution in [0.4, 0.5) is 4.79 Å². The second kappa shape index (κ2) is 16.9. The fourth-order valence-corrected chi connectivity index (χ4v) is 4.99. The standard InChI is InChI=1S/C31H45N7O7S/c1-7-16-37-26-24(28(41)38(17-8-2)30(37)43)35-25(36-26)20-9-11-21(12-10-20)44-19-23(39)32-14-15-33-27(40)22(13-18-46-6)34-29(42)45-31(3,4)5/h9-12,22H,7-8,13-19H2,1-6H3,(H,32,39)(H,33,40)(H,34,42)(H,35,36)/t22-/m0/s1. The van der Waals surface area contributed by atoms with E-state index in [0.717, 1.165) is 0 Å². The zero-order valence-corrected chi connectivity index (χ0v) is 28.2. The summed E-state index contributed by atoms with van der Waals surface area (Å²) in [6.45, 7) is 9.95. The van der Waals surface area contributed by atoms with Crippen LogP contribution in [0.15, 0.2) is 33.9 Å². The largest absolute Gasteiger partial charge is 0.484 e. The molecule has 2 aromatic heterocycles. The summed E-state index contributed by atoms with van der Waals surface area (Å²) in [5.41, 5.74) is -0.171. The van der Waals surface area contributed by atoms with Crippen molar-refractivity contribution in [2.24, 2.45) is 0 Å². The van der Waals surface area contributed by atoms with E-state index in [9.17, 15) is 24.0 Å². The van der Waals surface area contributed by atoms with Crippen molar-refractivity contribution in [1.29, 1.82) is 0 Å². The Labute approximate surface area is 272 Å². The molecular weight excluding hydrogens is 614 g/mol. The molecule has 4 N–H and O–H groups in total. The van der Waals surface area contributed by atoms with Crippen LogP contribution in [0.25, 0.3) is 22.6 Å². The summed E-state index contributed by atoms with van der Waals surface area (Å²) >= 11 is 1.56. The molecule has 0 aliphatic carbocycles. The number of nitrogens with one attached hydrogen (secondary N) is 4. The summed E-state index contributed by atoms with van der Waals surface area (Å²) in [6.07, 6.45) is 3.04. The summed E-state index contributed by atoms with van der Waals surface area (Å²) in [5.74, 6) is 0.812. The second-order valence-electron chi connectivity index (χ2n) is 11.6. The predicted octanol–water partition coefficient (Wildman–Crippen LogP) is 2.63. The Kier molecular flexibility index (Phi) is 13.3. The predicted molar refractivity (Wildman–Crippen MR) is 178 cm³/mol. The third kappa shape index (κ3) is 10.1. The molecule has 15 heteroatoms. The Bertz CT molecular complexity index is 1610. The summed E-state index contributed by atoms with van der Waals surface area (Å²) in [6, 6.07) is 6.08. The lowest BCUT2D eigenvalue weighted by molar-refractivity contribution is -0.124. The number of rotatable bonds is 16. The number of ether oxygens (including phenoxy) is 2. The normalized spacial score (nSPS) is 12.0. The first-order valence-corrected chi connectivity index (χ1v) is 16.8. The molecule has 0 aliphatic rings. The second-order valence-corrected chi connectivity index (χ2v) is 12.6. The first kappa shape index (κ1) is 36.2. The van der Waals surface area contributed by atoms with Crippen LogP contribution in [0.2, 0.25) is 0 Å². The van der Waals surface area contributed by atoms with E-state index >= 15 is 0 Å². The molecule has 2 heterocycles. The van der Waals surface area contributed by atoms with Gasteiger partial charge in [-0.25, -0.2) is 14.6 Å². The van der Waals surface area contributed by atoms with E-state index in [4.69, 9.17) is 9.47 Å². The van der Waals surface area contributed by atoms with Crippen molar-refractivity contribution in [2.75, 3.05) is 31.7 Å². The maximum absolute atomic E-state index is 13.0. The zero-order valence-electron chi connectivity index (χ0n) is 27.4. The highest BCUT2D eigenvalue weighted by Gasteiger charge is 2.24. The average molecular weight is 660 g/mol. The molecule has 1 aromatic carbocycles. The molecule has 46 heavy (non-hydrogen) atoms. The van der Waals surface area contributed by atoms with E-state index in [-0.39, 0.29) is 42.7 Å². The van der Waals surface area contributed by atoms with Crippen LogP contribution in [0.5, 0.6) is 5.75 Å². The number of fused-ring (bicyclic) bond motifs is 1. The molecule has 0 spiro atoms. The number of hydrogen-bond donors (Lipinski definition) is 4. The highest BCUT2D eigenvalue weighted by atomic mass is 32.2. The molecule has 0 unspecified atom stereocenters.